The third-order valence-corrected chi connectivity index (χ3v) is 6.33. The summed E-state index contributed by atoms with van der Waals surface area (Å²) in [5.74, 6) is -5.26. The highest BCUT2D eigenvalue weighted by Crippen LogP contribution is 2.35. The number of nitrogens with one attached hydrogen (secondary N) is 3. The van der Waals surface area contributed by atoms with Gasteiger partial charge in [0.25, 0.3) is 0 Å². The molecule has 4 amide bonds. The smallest absolute Gasteiger partial charge is 0.408 e. The summed E-state index contributed by atoms with van der Waals surface area (Å²) in [4.78, 5) is 59.9. The number of aliphatic hydroxyl groups excluding tert-OH is 2. The summed E-state index contributed by atoms with van der Waals surface area (Å²) >= 11 is 0. The van der Waals surface area contributed by atoms with Crippen LogP contribution in [0.4, 0.5) is 4.79 Å². The van der Waals surface area contributed by atoms with Gasteiger partial charge in [-0.1, -0.05) is 30.3 Å². The van der Waals surface area contributed by atoms with Crippen molar-refractivity contribution in [3.8, 4) is 0 Å². The topological polar surface area (TPSA) is 236 Å². The molecule has 2 unspecified atom stereocenters. The van der Waals surface area contributed by atoms with Crippen molar-refractivity contribution in [2.24, 2.45) is 5.73 Å². The quantitative estimate of drug-likeness (QED) is 0.139. The van der Waals surface area contributed by atoms with Gasteiger partial charge in [0.15, 0.2) is 11.9 Å². The Kier molecular flexibility index (Phi) is 11.8. The molecule has 1 aliphatic rings. The monoisotopic (exact) mass is 568 g/mol. The van der Waals surface area contributed by atoms with Crippen LogP contribution in [-0.4, -0.2) is 101 Å². The number of carbonyl (C=O) groups is 5. The number of nitrogens with two attached hydrogens (primary N) is 1. The minimum atomic E-state index is -1.69. The van der Waals surface area contributed by atoms with Crippen LogP contribution in [0.15, 0.2) is 30.3 Å². The molecule has 15 nitrogen and oxygen atoms in total. The lowest BCUT2D eigenvalue weighted by Gasteiger charge is -2.50. The van der Waals surface area contributed by atoms with E-state index in [2.05, 4.69) is 16.0 Å². The fourth-order valence-corrected chi connectivity index (χ4v) is 4.28. The van der Waals surface area contributed by atoms with Gasteiger partial charge >= 0.3 is 12.1 Å². The zero-order valence-electron chi connectivity index (χ0n) is 22.4. The second-order valence-electron chi connectivity index (χ2n) is 9.32. The Bertz CT molecular complexity index is 1060. The molecule has 1 aromatic rings. The summed E-state index contributed by atoms with van der Waals surface area (Å²) in [5.41, 5.74) is 5.94. The first-order valence-electron chi connectivity index (χ1n) is 12.4. The number of benzene rings is 1. The van der Waals surface area contributed by atoms with Gasteiger partial charge in [-0.15, -0.1) is 0 Å². The summed E-state index contributed by atoms with van der Waals surface area (Å²) in [5, 5.41) is 36.7. The molecule has 15 heteroatoms. The normalized spacial score (nSPS) is 25.6. The first-order valence-corrected chi connectivity index (χ1v) is 12.4. The molecule has 1 aromatic carbocycles. The molecule has 8 N–H and O–H groups in total. The number of ether oxygens (including phenoxy) is 3. The van der Waals surface area contributed by atoms with E-state index in [1.54, 1.807) is 30.3 Å². The summed E-state index contributed by atoms with van der Waals surface area (Å²) < 4.78 is 17.1. The number of rotatable bonds is 13. The molecule has 0 radical (unpaired) electrons. The summed E-state index contributed by atoms with van der Waals surface area (Å²) in [6, 6.07) is 5.02. The summed E-state index contributed by atoms with van der Waals surface area (Å²) in [7, 11) is 1.30. The lowest BCUT2D eigenvalue weighted by atomic mass is 9.86. The summed E-state index contributed by atoms with van der Waals surface area (Å²) in [6.07, 6.45) is -6.26. The van der Waals surface area contributed by atoms with Crippen LogP contribution in [0, 0.1) is 0 Å². The molecular weight excluding hydrogens is 532 g/mol. The number of alkyl carbamates (subject to hydrolysis) is 1. The van der Waals surface area contributed by atoms with Crippen LogP contribution in [0.3, 0.4) is 0 Å². The van der Waals surface area contributed by atoms with Gasteiger partial charge in [-0.25, -0.2) is 4.79 Å². The van der Waals surface area contributed by atoms with Crippen molar-refractivity contribution in [2.45, 2.75) is 75.3 Å². The van der Waals surface area contributed by atoms with Gasteiger partial charge in [0.1, 0.15) is 30.3 Å². The largest absolute Gasteiger partial charge is 0.481 e. The van der Waals surface area contributed by atoms with Crippen molar-refractivity contribution in [3.05, 3.63) is 35.9 Å². The molecule has 222 valence electrons. The van der Waals surface area contributed by atoms with E-state index in [4.69, 9.17) is 25.1 Å². The van der Waals surface area contributed by atoms with Crippen molar-refractivity contribution in [1.29, 1.82) is 0 Å². The maximum absolute atomic E-state index is 12.8. The first-order chi connectivity index (χ1) is 18.8. The number of primary amides is 1. The van der Waals surface area contributed by atoms with E-state index in [9.17, 15) is 34.2 Å². The minimum absolute atomic E-state index is 0.0314. The predicted molar refractivity (Wildman–Crippen MR) is 136 cm³/mol. The molecular formula is C25H36N4O11. The minimum Gasteiger partial charge on any atom is -0.481 e. The Morgan fingerprint density at radius 3 is 2.33 bits per heavy atom. The fraction of sp³-hybridized carbons (Fsp3) is 0.560. The molecule has 40 heavy (non-hydrogen) atoms. The SMILES string of the molecule is CO[C@@]1(Cc2ccccc2)O[C@H](CO)[C@@H](O)[C@H](OC(=O)NC(C)C(=O)NC(CCC(=O)O)C(N)=O)[C@H]1NC(C)=O. The number of hydrogen-bond acceptors (Lipinski definition) is 10. The van der Waals surface area contributed by atoms with Gasteiger partial charge < -0.3 is 51.2 Å². The van der Waals surface area contributed by atoms with E-state index in [0.29, 0.717) is 5.56 Å². The van der Waals surface area contributed by atoms with E-state index in [0.717, 1.165) is 0 Å². The number of hydrogen-bond donors (Lipinski definition) is 7. The van der Waals surface area contributed by atoms with Crippen LogP contribution < -0.4 is 21.7 Å². The van der Waals surface area contributed by atoms with Crippen LogP contribution >= 0.6 is 0 Å². The molecule has 0 aromatic heterocycles. The number of aliphatic carboxylic acids is 1. The number of carboxylic acids is 1. The van der Waals surface area contributed by atoms with Gasteiger partial charge in [-0.3, -0.25) is 19.2 Å². The van der Waals surface area contributed by atoms with Crippen molar-refractivity contribution >= 4 is 29.8 Å². The van der Waals surface area contributed by atoms with Crippen LogP contribution in [0.1, 0.15) is 32.3 Å². The first kappa shape index (κ1) is 32.4. The maximum Gasteiger partial charge on any atom is 0.408 e. The van der Waals surface area contributed by atoms with Crippen molar-refractivity contribution in [1.82, 2.24) is 16.0 Å². The van der Waals surface area contributed by atoms with E-state index in [1.807, 2.05) is 0 Å². The lowest BCUT2D eigenvalue weighted by molar-refractivity contribution is -0.326. The second kappa shape index (κ2) is 14.6. The second-order valence-corrected chi connectivity index (χ2v) is 9.32. The van der Waals surface area contributed by atoms with Crippen molar-refractivity contribution < 1.29 is 53.5 Å². The van der Waals surface area contributed by atoms with Crippen LogP contribution in [0.5, 0.6) is 0 Å². The third kappa shape index (κ3) is 8.61. The molecule has 0 spiro atoms. The number of methoxy groups -OCH3 is 1. The Balaban J connectivity index is 2.25. The number of aliphatic hydroxyl groups is 2. The van der Waals surface area contributed by atoms with E-state index < -0.39 is 85.0 Å². The van der Waals surface area contributed by atoms with Gasteiger partial charge in [-0.05, 0) is 18.9 Å². The highest BCUT2D eigenvalue weighted by molar-refractivity contribution is 5.90. The van der Waals surface area contributed by atoms with Gasteiger partial charge in [0, 0.05) is 26.9 Å². The molecule has 1 fully saturated rings. The molecule has 0 bridgehead atoms. The van der Waals surface area contributed by atoms with Crippen molar-refractivity contribution in [2.75, 3.05) is 13.7 Å². The van der Waals surface area contributed by atoms with Gasteiger partial charge in [0.05, 0.1) is 6.61 Å². The Labute approximate surface area is 230 Å². The highest BCUT2D eigenvalue weighted by Gasteiger charge is 2.57. The fourth-order valence-electron chi connectivity index (χ4n) is 4.28. The van der Waals surface area contributed by atoms with Gasteiger partial charge in [0.2, 0.25) is 17.7 Å². The molecule has 0 aliphatic carbocycles. The zero-order valence-corrected chi connectivity index (χ0v) is 22.4. The van der Waals surface area contributed by atoms with E-state index in [-0.39, 0.29) is 12.8 Å². The highest BCUT2D eigenvalue weighted by atomic mass is 16.7. The lowest BCUT2D eigenvalue weighted by Crippen LogP contribution is -2.72. The molecule has 1 heterocycles. The Morgan fingerprint density at radius 2 is 1.80 bits per heavy atom. The maximum atomic E-state index is 12.8. The van der Waals surface area contributed by atoms with Gasteiger partial charge in [-0.2, -0.15) is 0 Å². The van der Waals surface area contributed by atoms with Crippen LogP contribution in [-0.2, 0) is 39.8 Å². The zero-order chi connectivity index (χ0) is 30.0. The van der Waals surface area contributed by atoms with E-state index in [1.165, 1.54) is 21.0 Å². The number of amides is 4. The Hall–Kier alpha value is -3.79. The molecule has 0 saturated carbocycles. The molecule has 1 aliphatic heterocycles. The average Bonchev–Trinajstić information content (AvgIpc) is 2.89. The van der Waals surface area contributed by atoms with E-state index >= 15 is 0 Å². The Morgan fingerprint density at radius 1 is 1.15 bits per heavy atom. The summed E-state index contributed by atoms with van der Waals surface area (Å²) in [6.45, 7) is 1.79. The standard InChI is InChI=1S/C25H36N4O11/c1-13(23(36)29-16(22(26)35)9-10-18(32)33)27-24(37)39-20-19(34)17(12-30)40-25(38-3,21(20)28-14(2)31)11-15-7-5-4-6-8-15/h4-8,13,16-17,19-21,30,34H,9-12H2,1-3H3,(H2,26,35)(H,27,37)(H,28,31)(H,29,36)(H,32,33)/t13?,16?,17-,19-,20+,21-,25+/m1/s1. The number of carbonyl (C=O) groups excluding carboxylic acids is 4. The molecule has 2 rings (SSSR count). The van der Waals surface area contributed by atoms with Crippen molar-refractivity contribution in [3.63, 3.8) is 0 Å². The third-order valence-electron chi connectivity index (χ3n) is 6.33. The van der Waals surface area contributed by atoms with Crippen LogP contribution in [0.2, 0.25) is 0 Å². The molecule has 1 saturated heterocycles. The predicted octanol–water partition coefficient (Wildman–Crippen LogP) is -1.85. The van der Waals surface area contributed by atoms with Crippen LogP contribution in [0.25, 0.3) is 0 Å². The number of carboxylic acid groups (broad SMARTS) is 1. The average molecular weight is 569 g/mol. The molecule has 7 atom stereocenters.